The number of nitrogens with two attached hydrogens (primary N) is 1. The van der Waals surface area contributed by atoms with E-state index in [1.165, 1.54) is 19.3 Å². The molecule has 5 rings (SSSR count). The van der Waals surface area contributed by atoms with Gasteiger partial charge in [0.25, 0.3) is 5.56 Å². The van der Waals surface area contributed by atoms with E-state index in [2.05, 4.69) is 0 Å². The number of nitriles is 1. The van der Waals surface area contributed by atoms with Gasteiger partial charge in [-0.2, -0.15) is 5.26 Å². The molecule has 4 bridgehead atoms. The summed E-state index contributed by atoms with van der Waals surface area (Å²) in [5.74, 6) is 2.72. The highest BCUT2D eigenvalue weighted by atomic mass is 16.1. The van der Waals surface area contributed by atoms with Crippen molar-refractivity contribution >= 4 is 5.82 Å². The molecule has 5 heteroatoms. The average Bonchev–Trinajstić information content (AvgIpc) is 2.58. The van der Waals surface area contributed by atoms with Crippen LogP contribution in [0.1, 0.15) is 44.1 Å². The van der Waals surface area contributed by atoms with E-state index in [1.807, 2.05) is 10.8 Å². The highest BCUT2D eigenvalue weighted by Crippen LogP contribution is 2.59. The molecule has 0 unspecified atom stereocenters. The van der Waals surface area contributed by atoms with Crippen LogP contribution in [0.3, 0.4) is 0 Å². The Bertz CT molecular complexity index is 640. The maximum Gasteiger partial charge on any atom is 0.286 e. The summed E-state index contributed by atoms with van der Waals surface area (Å²) in [5.41, 5.74) is 6.01. The lowest BCUT2D eigenvalue weighted by molar-refractivity contribution is -0.0533. The van der Waals surface area contributed by atoms with Crippen molar-refractivity contribution in [3.63, 3.8) is 0 Å². The van der Waals surface area contributed by atoms with Crippen LogP contribution in [-0.2, 0) is 12.6 Å². The quantitative estimate of drug-likeness (QED) is 0.843. The van der Waals surface area contributed by atoms with Crippen LogP contribution in [-0.4, -0.2) is 9.36 Å². The minimum atomic E-state index is -0.249. The summed E-state index contributed by atoms with van der Waals surface area (Å²) >= 11 is 0. The lowest BCUT2D eigenvalue weighted by Gasteiger charge is -2.57. The fourth-order valence-corrected chi connectivity index (χ4v) is 5.63. The zero-order valence-corrected chi connectivity index (χ0v) is 11.8. The second kappa shape index (κ2) is 3.69. The summed E-state index contributed by atoms with van der Waals surface area (Å²) in [4.78, 5) is 12.2. The molecule has 4 aliphatic rings. The van der Waals surface area contributed by atoms with Gasteiger partial charge in [0.1, 0.15) is 11.9 Å². The monoisotopic (exact) mass is 272 g/mol. The maximum absolute atomic E-state index is 12.2. The van der Waals surface area contributed by atoms with Gasteiger partial charge in [-0.1, -0.05) is 0 Å². The Morgan fingerprint density at radius 2 is 1.70 bits per heavy atom. The van der Waals surface area contributed by atoms with Gasteiger partial charge in [0, 0.05) is 7.05 Å². The summed E-state index contributed by atoms with van der Waals surface area (Å²) in [6.07, 6.45) is 7.40. The van der Waals surface area contributed by atoms with Crippen LogP contribution in [0.15, 0.2) is 4.79 Å². The Kier molecular flexibility index (Phi) is 2.23. The van der Waals surface area contributed by atoms with E-state index in [-0.39, 0.29) is 16.7 Å². The Balaban J connectivity index is 1.90. The molecule has 4 aliphatic carbocycles. The van der Waals surface area contributed by atoms with Crippen LogP contribution in [0.25, 0.3) is 0 Å². The zero-order chi connectivity index (χ0) is 14.1. The fraction of sp³-hybridized carbons (Fsp3) is 0.733. The van der Waals surface area contributed by atoms with Crippen LogP contribution >= 0.6 is 0 Å². The van der Waals surface area contributed by atoms with Crippen molar-refractivity contribution in [1.82, 2.24) is 9.36 Å². The van der Waals surface area contributed by atoms with Gasteiger partial charge in [0.15, 0.2) is 5.56 Å². The molecule has 0 aromatic carbocycles. The minimum absolute atomic E-state index is 0.0121. The third-order valence-electron chi connectivity index (χ3n) is 5.86. The average molecular weight is 272 g/mol. The molecule has 106 valence electrons. The summed E-state index contributed by atoms with van der Waals surface area (Å²) in [6, 6.07) is 1.98. The normalized spacial score (nSPS) is 38.1. The van der Waals surface area contributed by atoms with E-state index in [9.17, 15) is 4.79 Å². The second-order valence-electron chi connectivity index (χ2n) is 7.15. The Morgan fingerprint density at radius 1 is 1.20 bits per heavy atom. The molecular weight excluding hydrogens is 252 g/mol. The summed E-state index contributed by atoms with van der Waals surface area (Å²) in [6.45, 7) is 0. The van der Waals surface area contributed by atoms with Gasteiger partial charge in [-0.05, 0) is 56.3 Å². The van der Waals surface area contributed by atoms with Crippen LogP contribution in [0, 0.1) is 29.1 Å². The van der Waals surface area contributed by atoms with E-state index in [0.29, 0.717) is 5.82 Å². The Hall–Kier alpha value is -1.70. The van der Waals surface area contributed by atoms with E-state index < -0.39 is 0 Å². The first kappa shape index (κ1) is 12.1. The number of hydrogen-bond acceptors (Lipinski definition) is 3. The standard InChI is InChI=1S/C15H20N4O/c1-18-14(20)12(8-16)13(17)19(18)15-5-9-2-10(6-15)4-11(3-9)7-15/h9-11H,2-7,17H2,1H3. The van der Waals surface area contributed by atoms with Crippen molar-refractivity contribution in [2.75, 3.05) is 5.73 Å². The van der Waals surface area contributed by atoms with E-state index >= 15 is 0 Å². The van der Waals surface area contributed by atoms with Gasteiger partial charge < -0.3 is 5.73 Å². The second-order valence-corrected chi connectivity index (χ2v) is 7.15. The molecule has 4 fully saturated rings. The van der Waals surface area contributed by atoms with Crippen LogP contribution < -0.4 is 11.3 Å². The molecule has 2 N–H and O–H groups in total. The van der Waals surface area contributed by atoms with E-state index in [1.54, 1.807) is 11.7 Å². The van der Waals surface area contributed by atoms with Gasteiger partial charge >= 0.3 is 0 Å². The van der Waals surface area contributed by atoms with Crippen molar-refractivity contribution in [2.24, 2.45) is 24.8 Å². The number of hydrogen-bond donors (Lipinski definition) is 1. The molecular formula is C15H20N4O. The predicted octanol–water partition coefficient (Wildman–Crippen LogP) is 1.57. The zero-order valence-electron chi connectivity index (χ0n) is 11.8. The first-order valence-corrected chi connectivity index (χ1v) is 7.52. The predicted molar refractivity (Wildman–Crippen MR) is 74.9 cm³/mol. The number of anilines is 1. The van der Waals surface area contributed by atoms with Gasteiger partial charge in [0.05, 0.1) is 5.54 Å². The highest BCUT2D eigenvalue weighted by Gasteiger charge is 2.53. The number of rotatable bonds is 1. The largest absolute Gasteiger partial charge is 0.383 e. The van der Waals surface area contributed by atoms with E-state index in [4.69, 9.17) is 11.0 Å². The lowest BCUT2D eigenvalue weighted by atomic mass is 9.53. The SMILES string of the molecule is Cn1c(=O)c(C#N)c(N)n1C12CC3CC(CC(C3)C1)C2. The molecule has 0 atom stereocenters. The molecule has 0 spiro atoms. The number of nitrogen functional groups attached to an aromatic ring is 1. The fourth-order valence-electron chi connectivity index (χ4n) is 5.63. The molecule has 1 aromatic rings. The topological polar surface area (TPSA) is 76.7 Å². The third-order valence-corrected chi connectivity index (χ3v) is 5.86. The summed E-state index contributed by atoms with van der Waals surface area (Å²) < 4.78 is 3.55. The van der Waals surface area contributed by atoms with Gasteiger partial charge in [-0.3, -0.25) is 14.2 Å². The summed E-state index contributed by atoms with van der Waals surface area (Å²) in [5, 5.41) is 9.16. The maximum atomic E-state index is 12.2. The van der Waals surface area contributed by atoms with Crippen molar-refractivity contribution in [3.8, 4) is 6.07 Å². The molecule has 1 heterocycles. The van der Waals surface area contributed by atoms with Crippen LogP contribution in [0.5, 0.6) is 0 Å². The number of nitrogens with zero attached hydrogens (tertiary/aromatic N) is 3. The van der Waals surface area contributed by atoms with Crippen LogP contribution in [0.4, 0.5) is 5.82 Å². The van der Waals surface area contributed by atoms with Crippen molar-refractivity contribution in [2.45, 2.75) is 44.1 Å². The van der Waals surface area contributed by atoms with Crippen molar-refractivity contribution in [3.05, 3.63) is 15.9 Å². The molecule has 20 heavy (non-hydrogen) atoms. The molecule has 0 saturated heterocycles. The third kappa shape index (κ3) is 1.34. The smallest absolute Gasteiger partial charge is 0.286 e. The van der Waals surface area contributed by atoms with Crippen molar-refractivity contribution in [1.29, 1.82) is 5.26 Å². The van der Waals surface area contributed by atoms with Crippen molar-refractivity contribution < 1.29 is 0 Å². The highest BCUT2D eigenvalue weighted by molar-refractivity contribution is 5.48. The van der Waals surface area contributed by atoms with Gasteiger partial charge in [-0.15, -0.1) is 0 Å². The first-order chi connectivity index (χ1) is 9.54. The van der Waals surface area contributed by atoms with E-state index in [0.717, 1.165) is 37.0 Å². The molecule has 1 aromatic heterocycles. The molecule has 0 radical (unpaired) electrons. The minimum Gasteiger partial charge on any atom is -0.383 e. The molecule has 0 amide bonds. The van der Waals surface area contributed by atoms with Gasteiger partial charge in [0.2, 0.25) is 0 Å². The van der Waals surface area contributed by atoms with Gasteiger partial charge in [-0.25, -0.2) is 0 Å². The molecule has 5 nitrogen and oxygen atoms in total. The Morgan fingerprint density at radius 3 is 2.10 bits per heavy atom. The number of aromatic nitrogens is 2. The molecule has 0 aliphatic heterocycles. The summed E-state index contributed by atoms with van der Waals surface area (Å²) in [7, 11) is 1.75. The van der Waals surface area contributed by atoms with Crippen LogP contribution in [0.2, 0.25) is 0 Å². The lowest BCUT2D eigenvalue weighted by Crippen LogP contribution is -2.53. The Labute approximate surface area is 118 Å². The molecule has 4 saturated carbocycles. The first-order valence-electron chi connectivity index (χ1n) is 7.52.